The summed E-state index contributed by atoms with van der Waals surface area (Å²) in [5.74, 6) is 0.0564. The first-order valence-corrected chi connectivity index (χ1v) is 12.1. The van der Waals surface area contributed by atoms with Crippen molar-refractivity contribution in [1.82, 2.24) is 14.8 Å². The van der Waals surface area contributed by atoms with Crippen LogP contribution in [-0.4, -0.2) is 53.3 Å². The molecule has 0 unspecified atom stereocenters. The van der Waals surface area contributed by atoms with Gasteiger partial charge < -0.3 is 19.5 Å². The first-order valence-electron chi connectivity index (χ1n) is 12.1. The number of carbonyl (C=O) groups is 2. The summed E-state index contributed by atoms with van der Waals surface area (Å²) in [6.45, 7) is 2.56. The minimum Gasteiger partial charge on any atom is -0.497 e. The van der Waals surface area contributed by atoms with Gasteiger partial charge in [0.15, 0.2) is 0 Å². The van der Waals surface area contributed by atoms with E-state index in [1.807, 2.05) is 24.3 Å². The molecule has 9 heteroatoms. The molecule has 5 rings (SSSR count). The average Bonchev–Trinajstić information content (AvgIpc) is 3.33. The second-order valence-corrected chi connectivity index (χ2v) is 9.03. The molecule has 0 saturated carbocycles. The number of aromatic amines is 1. The molecule has 1 aliphatic rings. The van der Waals surface area contributed by atoms with Gasteiger partial charge in [0.2, 0.25) is 5.91 Å². The van der Waals surface area contributed by atoms with Gasteiger partial charge in [-0.25, -0.2) is 0 Å². The van der Waals surface area contributed by atoms with Crippen molar-refractivity contribution < 1.29 is 27.5 Å². The summed E-state index contributed by atoms with van der Waals surface area (Å²) in [4.78, 5) is 31.4. The number of carbonyl (C=O) groups excluding carboxylic acids is 2. The molecule has 0 aliphatic carbocycles. The highest BCUT2D eigenvalue weighted by atomic mass is 19.4. The number of nitrogens with zero attached hydrogens (tertiary/aromatic N) is 2. The SMILES string of the molecule is COc1ccc2[nH]c(C(=O)N3CCN(Cc4cccc(C(F)(F)F)c4)C(=O)C3)cc2c1.Cc1ccccc1. The number of piperazine rings is 1. The molecule has 1 fully saturated rings. The maximum atomic E-state index is 12.9. The number of rotatable bonds is 4. The Hall–Kier alpha value is -4.27. The molecular weight excluding hydrogens is 495 g/mol. The summed E-state index contributed by atoms with van der Waals surface area (Å²) < 4.78 is 43.9. The molecule has 0 atom stereocenters. The summed E-state index contributed by atoms with van der Waals surface area (Å²) in [5, 5.41) is 0.817. The monoisotopic (exact) mass is 523 g/mol. The van der Waals surface area contributed by atoms with Crippen molar-refractivity contribution in [3.63, 3.8) is 0 Å². The van der Waals surface area contributed by atoms with Crippen molar-refractivity contribution in [3.05, 3.63) is 101 Å². The van der Waals surface area contributed by atoms with E-state index in [-0.39, 0.29) is 31.4 Å². The van der Waals surface area contributed by atoms with Crippen LogP contribution < -0.4 is 4.74 Å². The number of aryl methyl sites for hydroxylation is 1. The van der Waals surface area contributed by atoms with Crippen LogP contribution in [0.2, 0.25) is 0 Å². The highest BCUT2D eigenvalue weighted by Crippen LogP contribution is 2.30. The lowest BCUT2D eigenvalue weighted by molar-refractivity contribution is -0.137. The average molecular weight is 524 g/mol. The van der Waals surface area contributed by atoms with Crippen molar-refractivity contribution >= 4 is 22.7 Å². The highest BCUT2D eigenvalue weighted by Gasteiger charge is 2.32. The van der Waals surface area contributed by atoms with E-state index >= 15 is 0 Å². The lowest BCUT2D eigenvalue weighted by Crippen LogP contribution is -2.51. The summed E-state index contributed by atoms with van der Waals surface area (Å²) in [5.41, 5.74) is 2.11. The molecule has 0 spiro atoms. The van der Waals surface area contributed by atoms with E-state index in [0.29, 0.717) is 23.6 Å². The third-order valence-corrected chi connectivity index (χ3v) is 6.23. The molecule has 2 heterocycles. The van der Waals surface area contributed by atoms with E-state index in [1.165, 1.54) is 21.4 Å². The van der Waals surface area contributed by atoms with Crippen molar-refractivity contribution in [1.29, 1.82) is 0 Å². The van der Waals surface area contributed by atoms with Gasteiger partial charge in [-0.1, -0.05) is 48.0 Å². The number of nitrogens with one attached hydrogen (secondary N) is 1. The first kappa shape index (κ1) is 26.8. The smallest absolute Gasteiger partial charge is 0.416 e. The quantitative estimate of drug-likeness (QED) is 0.375. The maximum absolute atomic E-state index is 12.9. The lowest BCUT2D eigenvalue weighted by Gasteiger charge is -2.34. The fourth-order valence-corrected chi connectivity index (χ4v) is 4.17. The van der Waals surface area contributed by atoms with E-state index < -0.39 is 11.7 Å². The number of halogens is 3. The van der Waals surface area contributed by atoms with Gasteiger partial charge in [-0.15, -0.1) is 0 Å². The molecule has 3 aromatic carbocycles. The Labute approximate surface area is 218 Å². The van der Waals surface area contributed by atoms with Crippen LogP contribution in [0.5, 0.6) is 5.75 Å². The van der Waals surface area contributed by atoms with E-state index in [2.05, 4.69) is 24.0 Å². The number of hydrogen-bond donors (Lipinski definition) is 1. The number of fused-ring (bicyclic) bond motifs is 1. The Morgan fingerprint density at radius 2 is 1.74 bits per heavy atom. The van der Waals surface area contributed by atoms with Crippen LogP contribution in [0.15, 0.2) is 78.9 Å². The standard InChI is InChI=1S/C22H20F3N3O3.C7H8/c1-31-17-5-6-18-15(10-17)11-19(26-18)21(30)28-8-7-27(20(29)13-28)12-14-3-2-4-16(9-14)22(23,24)25;1-7-5-3-2-4-6-7/h2-6,9-11,26H,7-8,12-13H2,1H3;2-6H,1H3. The molecule has 0 bridgehead atoms. The Morgan fingerprint density at radius 3 is 2.37 bits per heavy atom. The topological polar surface area (TPSA) is 65.6 Å². The molecule has 1 N–H and O–H groups in total. The molecule has 1 aromatic heterocycles. The van der Waals surface area contributed by atoms with E-state index in [4.69, 9.17) is 4.74 Å². The zero-order valence-corrected chi connectivity index (χ0v) is 21.1. The second-order valence-electron chi connectivity index (χ2n) is 9.03. The van der Waals surface area contributed by atoms with Crippen molar-refractivity contribution in [2.24, 2.45) is 0 Å². The van der Waals surface area contributed by atoms with Crippen molar-refractivity contribution in [3.8, 4) is 5.75 Å². The Morgan fingerprint density at radius 1 is 0.974 bits per heavy atom. The summed E-state index contributed by atoms with van der Waals surface area (Å²) in [6.07, 6.45) is -4.44. The summed E-state index contributed by atoms with van der Waals surface area (Å²) >= 11 is 0. The number of methoxy groups -OCH3 is 1. The number of alkyl halides is 3. The van der Waals surface area contributed by atoms with Gasteiger partial charge in [0.25, 0.3) is 5.91 Å². The van der Waals surface area contributed by atoms with Gasteiger partial charge in [0.1, 0.15) is 18.0 Å². The van der Waals surface area contributed by atoms with Crippen LogP contribution in [0.3, 0.4) is 0 Å². The molecule has 1 aliphatic heterocycles. The summed E-state index contributed by atoms with van der Waals surface area (Å²) in [7, 11) is 1.56. The number of ether oxygens (including phenoxy) is 1. The van der Waals surface area contributed by atoms with Crippen molar-refractivity contribution in [2.75, 3.05) is 26.7 Å². The second kappa shape index (κ2) is 11.4. The molecule has 0 radical (unpaired) electrons. The largest absolute Gasteiger partial charge is 0.497 e. The van der Waals surface area contributed by atoms with Gasteiger partial charge in [-0.05, 0) is 48.9 Å². The predicted octanol–water partition coefficient (Wildman–Crippen LogP) is 5.67. The van der Waals surface area contributed by atoms with E-state index in [1.54, 1.807) is 31.4 Å². The Kier molecular flexibility index (Phi) is 8.05. The van der Waals surface area contributed by atoms with Gasteiger partial charge in [-0.2, -0.15) is 13.2 Å². The highest BCUT2D eigenvalue weighted by molar-refractivity contribution is 6.00. The van der Waals surface area contributed by atoms with Crippen molar-refractivity contribution in [2.45, 2.75) is 19.6 Å². The number of H-pyrrole nitrogens is 1. The first-order chi connectivity index (χ1) is 18.1. The lowest BCUT2D eigenvalue weighted by atomic mass is 10.1. The van der Waals surface area contributed by atoms with Crippen LogP contribution >= 0.6 is 0 Å². The fraction of sp³-hybridized carbons (Fsp3) is 0.241. The van der Waals surface area contributed by atoms with Gasteiger partial charge in [0.05, 0.1) is 12.7 Å². The van der Waals surface area contributed by atoms with E-state index in [9.17, 15) is 22.8 Å². The van der Waals surface area contributed by atoms with Crippen LogP contribution in [-0.2, 0) is 17.5 Å². The molecule has 38 heavy (non-hydrogen) atoms. The molecular formula is C29H28F3N3O3. The third kappa shape index (κ3) is 6.53. The Balaban J connectivity index is 0.000000417. The number of hydrogen-bond acceptors (Lipinski definition) is 3. The van der Waals surface area contributed by atoms with Crippen LogP contribution in [0.4, 0.5) is 13.2 Å². The Bertz CT molecular complexity index is 1420. The van der Waals surface area contributed by atoms with Crippen LogP contribution in [0.1, 0.15) is 27.2 Å². The number of amides is 2. The normalized spacial score (nSPS) is 13.8. The minimum atomic E-state index is -4.44. The van der Waals surface area contributed by atoms with Gasteiger partial charge >= 0.3 is 6.18 Å². The number of benzene rings is 3. The molecule has 6 nitrogen and oxygen atoms in total. The van der Waals surface area contributed by atoms with Gasteiger partial charge in [-0.3, -0.25) is 9.59 Å². The maximum Gasteiger partial charge on any atom is 0.416 e. The zero-order valence-electron chi connectivity index (χ0n) is 21.1. The minimum absolute atomic E-state index is 0.0664. The molecule has 1 saturated heterocycles. The zero-order chi connectivity index (χ0) is 27.3. The van der Waals surface area contributed by atoms with E-state index in [0.717, 1.165) is 23.0 Å². The van der Waals surface area contributed by atoms with Gasteiger partial charge in [0, 0.05) is 30.5 Å². The molecule has 4 aromatic rings. The fourth-order valence-electron chi connectivity index (χ4n) is 4.17. The predicted molar refractivity (Wildman–Crippen MR) is 139 cm³/mol. The summed E-state index contributed by atoms with van der Waals surface area (Å²) in [6, 6.07) is 22.3. The third-order valence-electron chi connectivity index (χ3n) is 6.23. The number of aromatic nitrogens is 1. The molecule has 2 amide bonds. The van der Waals surface area contributed by atoms with Crippen LogP contribution in [0, 0.1) is 6.92 Å². The molecule has 198 valence electrons. The van der Waals surface area contributed by atoms with Crippen LogP contribution in [0.25, 0.3) is 10.9 Å².